The molecule has 0 atom stereocenters. The van der Waals surface area contributed by atoms with Crippen molar-refractivity contribution in [3.8, 4) is 11.8 Å². The Labute approximate surface area is 936 Å². The number of aliphatic hydroxyl groups excluding tert-OH is 1. The molecule has 750 valence electrons. The molecule has 0 aliphatic carbocycles. The monoisotopic (exact) mass is 2240 g/mol. The number of aliphatic hydroxyl groups is 1. The first-order chi connectivity index (χ1) is 67.0. The van der Waals surface area contributed by atoms with Gasteiger partial charge in [0.1, 0.15) is 0 Å². The maximum atomic E-state index is 11.4. The minimum Gasteiger partial charge on any atom is -0.870 e. The molecule has 0 saturated carbocycles. The Hall–Kier alpha value is -7.97. The van der Waals surface area contributed by atoms with Crippen LogP contribution in [0.15, 0.2) is 337 Å². The Balaban J connectivity index is -0.000000754. The Morgan fingerprint density at radius 3 is 0.838 bits per heavy atom. The smallest absolute Gasteiger partial charge is 0.870 e. The number of aliphatic carboxylic acids is 3. The molecule has 0 bridgehead atoms. The number of hydrogen-bond acceptors (Lipinski definition) is 15. The van der Waals surface area contributed by atoms with Gasteiger partial charge in [0.2, 0.25) is 0 Å². The number of hydrogen-bond donors (Lipinski definition) is 3. The summed E-state index contributed by atoms with van der Waals surface area (Å²) >= 11 is 6.49. The molecule has 0 amide bonds. The van der Waals surface area contributed by atoms with Gasteiger partial charge in [-0.2, -0.15) is 0 Å². The number of ether oxygens (including phenoxy) is 3. The number of rotatable bonds is 35. The molecule has 0 fully saturated rings. The summed E-state index contributed by atoms with van der Waals surface area (Å²) in [5.41, 5.74) is 10.3. The molecule has 0 heterocycles. The van der Waals surface area contributed by atoms with E-state index in [9.17, 15) is 33.9 Å². The Bertz CT molecular complexity index is 4910. The van der Waals surface area contributed by atoms with Crippen LogP contribution in [0.4, 0.5) is 0 Å². The maximum absolute atomic E-state index is 11.4. The van der Waals surface area contributed by atoms with Crippen LogP contribution in [0.2, 0.25) is 0 Å². The van der Waals surface area contributed by atoms with Gasteiger partial charge < -0.3 is 55.1 Å². The summed E-state index contributed by atoms with van der Waals surface area (Å²) in [6.07, 6.45) is 17.4. The number of carboxylic acids is 3. The minimum atomic E-state index is -1.01. The minimum absolute atomic E-state index is 0. The number of esters is 3. The van der Waals surface area contributed by atoms with E-state index in [1.807, 2.05) is 137 Å². The Morgan fingerprint density at radius 1 is 0.366 bits per heavy atom. The van der Waals surface area contributed by atoms with Gasteiger partial charge in [-0.25, -0.2) is 0 Å². The van der Waals surface area contributed by atoms with Gasteiger partial charge in [-0.15, -0.1) is 0 Å². The van der Waals surface area contributed by atoms with E-state index in [0.29, 0.717) is 39.1 Å². The van der Waals surface area contributed by atoms with E-state index in [1.165, 1.54) is 106 Å². The average molecular weight is 2240 g/mol. The second-order valence-corrected chi connectivity index (χ2v) is 38.3. The van der Waals surface area contributed by atoms with Gasteiger partial charge in [-0.1, -0.05) is 415 Å². The summed E-state index contributed by atoms with van der Waals surface area (Å²) in [5.74, 6) is 3.09. The standard InChI is InChI=1S/2C18H15P.C15H22O2.C15H18O2.2C13H18O2.C10H11BrO2.C8H7BrO2.C2H6O.C2H6.CH2O3.2ClH.Li.2Na.H2O.Pd/c2*1-4-10-16(11-5-1)19(17-12-6-2-7-13-17)18-14-8-3-9-15-18;2*1-3-5-6-8-13-9-7-10-14(11-13)12-15(16)17-4-2;2*1-2-3-4-6-11-7-5-8-12(9-11)10-13(14)15;1-2-13-10(12)7-8-4-3-5-9(11)6-8;9-7-3-1-2-6(4-7)5-8(10)11;1-2-3;1-2;2-1-4-3;;;;;;;/h2*1-15H;7,9-11H,3-6,8,12H2,1-2H3;7,9-11H,3-5,12H2,1-2H3;2*5,7-9H,2-4,6,10H2,1H3,(H,14,15);3-6H,2,7H2,1H3;1-4H,5H2,(H,10,11);3H,2H2,1H3;1-2H3;1,3H;2*1H;;;;1H2;/q;;;;;;;;;;;;;3*+1;;+2/p-5. The Morgan fingerprint density at radius 2 is 0.599 bits per heavy atom. The molecule has 12 aromatic rings. The van der Waals surface area contributed by atoms with E-state index in [1.54, 1.807) is 26.0 Å². The van der Waals surface area contributed by atoms with Crippen LogP contribution in [0.25, 0.3) is 0 Å². The first kappa shape index (κ1) is 140. The number of benzene rings is 12. The van der Waals surface area contributed by atoms with Crippen molar-refractivity contribution in [3.05, 3.63) is 392 Å². The van der Waals surface area contributed by atoms with Gasteiger partial charge in [0.05, 0.1) is 51.9 Å². The van der Waals surface area contributed by atoms with Crippen molar-refractivity contribution in [2.75, 3.05) is 26.4 Å². The third-order valence-corrected chi connectivity index (χ3v) is 24.5. The van der Waals surface area contributed by atoms with Crippen molar-refractivity contribution < 1.29 is 178 Å². The Kier molecular flexibility index (Phi) is 94.1. The second-order valence-electron chi connectivity index (χ2n) is 29.7. The van der Waals surface area contributed by atoms with Crippen LogP contribution in [0.5, 0.6) is 0 Å². The molecule has 0 unspecified atom stereocenters. The predicted octanol–water partition coefficient (Wildman–Crippen LogP) is 14.4. The molecule has 0 saturated heterocycles. The fourth-order valence-corrected chi connectivity index (χ4v) is 18.3. The molecule has 17 nitrogen and oxygen atoms in total. The zero-order valence-electron chi connectivity index (χ0n) is 84.5. The summed E-state index contributed by atoms with van der Waals surface area (Å²) in [6.45, 7) is 21.2. The predicted molar refractivity (Wildman–Crippen MR) is 573 cm³/mol. The third-order valence-electron chi connectivity index (χ3n) is 18.6. The van der Waals surface area contributed by atoms with Crippen LogP contribution in [-0.4, -0.2) is 89.5 Å². The van der Waals surface area contributed by atoms with E-state index in [-0.39, 0.29) is 150 Å². The van der Waals surface area contributed by atoms with Crippen molar-refractivity contribution in [2.24, 2.45) is 0 Å². The zero-order valence-corrected chi connectivity index (χ0v) is 96.6. The van der Waals surface area contributed by atoms with Crippen molar-refractivity contribution >= 4 is 141 Å². The number of carboxylic acid groups (broad SMARTS) is 3. The molecule has 0 aliphatic heterocycles. The van der Waals surface area contributed by atoms with Gasteiger partial charge in [0.15, 0.2) is 0 Å². The average Bonchev–Trinajstić information content (AvgIpc) is 0.821. The van der Waals surface area contributed by atoms with Crippen LogP contribution in [0, 0.1) is 11.8 Å². The number of carbonyl (C=O) groups is 7. The molecular weight excluding hydrogens is 2110 g/mol. The van der Waals surface area contributed by atoms with Gasteiger partial charge in [-0.3, -0.25) is 28.8 Å². The quantitative estimate of drug-likeness (QED) is 0.00383. The first-order valence-electron chi connectivity index (χ1n) is 46.5. The van der Waals surface area contributed by atoms with E-state index in [4.69, 9.17) is 58.6 Å². The third kappa shape index (κ3) is 71.5. The van der Waals surface area contributed by atoms with Crippen LogP contribution >= 0.6 is 66.8 Å². The van der Waals surface area contributed by atoms with Gasteiger partial charge >= 0.3 is 143 Å². The summed E-state index contributed by atoms with van der Waals surface area (Å²) in [4.78, 5) is 76.3. The van der Waals surface area contributed by atoms with Crippen molar-refractivity contribution in [2.45, 2.75) is 198 Å². The van der Waals surface area contributed by atoms with Crippen molar-refractivity contribution in [3.63, 3.8) is 0 Å². The van der Waals surface area contributed by atoms with E-state index < -0.39 is 33.8 Å². The molecule has 0 aromatic heterocycles. The van der Waals surface area contributed by atoms with Crippen LogP contribution < -0.4 is 120 Å². The molecule has 27 heteroatoms. The number of unbranched alkanes of at least 4 members (excludes halogenated alkanes) is 7. The van der Waals surface area contributed by atoms with E-state index in [2.05, 4.69) is 283 Å². The summed E-state index contributed by atoms with van der Waals surface area (Å²) < 4.78 is 16.6. The summed E-state index contributed by atoms with van der Waals surface area (Å²) in [6, 6.07) is 111. The largest absolute Gasteiger partial charge is 1.00 e. The van der Waals surface area contributed by atoms with E-state index >= 15 is 0 Å². The summed E-state index contributed by atoms with van der Waals surface area (Å²) in [5, 5.41) is 51.9. The van der Waals surface area contributed by atoms with E-state index in [0.717, 1.165) is 80.0 Å². The molecule has 12 aromatic carbocycles. The van der Waals surface area contributed by atoms with Crippen molar-refractivity contribution in [1.29, 1.82) is 0 Å². The van der Waals surface area contributed by atoms with Gasteiger partial charge in [-0.05, 0) is 207 Å². The van der Waals surface area contributed by atoms with Gasteiger partial charge in [0, 0.05) is 39.9 Å². The molecule has 0 aliphatic rings. The van der Waals surface area contributed by atoms with Crippen molar-refractivity contribution in [1.82, 2.24) is 0 Å². The van der Waals surface area contributed by atoms with Crippen LogP contribution in [0.3, 0.4) is 0 Å². The van der Waals surface area contributed by atoms with Crippen LogP contribution in [0.1, 0.15) is 196 Å². The van der Waals surface area contributed by atoms with Gasteiger partial charge in [0.25, 0.3) is 6.47 Å². The fraction of sp³-hybridized carbons (Fsp3) is 0.296. The maximum Gasteiger partial charge on any atom is 1.00 e. The topological polar surface area (TPSA) is 293 Å². The number of carbonyl (C=O) groups excluding carboxylic acids is 5. The SMILES string of the molecule is CC.CCCC#Cc1cccc(CC(=O)OCC)c1.CCCCCc1cccc(CC(=O)O)c1.CCCCCc1cccc(CC(=O)OCC)c1.CCCCCc1cccc(CC(=O)[O-])c1.CCO.CCOC(=O)Cc1cccc(Br)c1.O=C(O)Cc1cccc(Br)c1.O=CO[O-].[Cl][Pd][Cl].[Li+].[Na+].[Na+].[OH-].c1ccc(P(c2ccccc2)c2ccccc2)cc1.c1ccc(P(c2ccccc2)c2ccccc2)cc1. The molecule has 12 rings (SSSR count). The normalized spacial score (nSPS) is 9.42. The molecule has 0 radical (unpaired) electrons. The molecular formula is C115H137Br2Cl2LiNa2O17P2Pd. The molecule has 142 heavy (non-hydrogen) atoms. The summed E-state index contributed by atoms with van der Waals surface area (Å²) in [7, 11) is 8.74. The molecule has 4 N–H and O–H groups in total. The zero-order chi connectivity index (χ0) is 102. The number of aryl methyl sites for hydroxylation is 3. The number of halogens is 4. The first-order valence-corrected chi connectivity index (χ1v) is 54.7. The fourth-order valence-electron chi connectivity index (χ4n) is 12.8. The van der Waals surface area contributed by atoms with Crippen LogP contribution in [-0.2, 0) is 126 Å². The molecule has 0 spiro atoms. The second kappa shape index (κ2) is 95.3.